The van der Waals surface area contributed by atoms with Crippen LogP contribution >= 0.6 is 11.6 Å². The van der Waals surface area contributed by atoms with Crippen molar-refractivity contribution in [1.29, 1.82) is 0 Å². The zero-order chi connectivity index (χ0) is 20.1. The molecular formula is C21H21ClN4O2. The maximum Gasteiger partial charge on any atom is 0.258 e. The molecule has 28 heavy (non-hydrogen) atoms. The molecule has 1 amide bonds. The summed E-state index contributed by atoms with van der Waals surface area (Å²) in [4.78, 5) is 20.8. The summed E-state index contributed by atoms with van der Waals surface area (Å²) in [5.41, 5.74) is 3.90. The van der Waals surface area contributed by atoms with Gasteiger partial charge in [0.05, 0.1) is 18.4 Å². The summed E-state index contributed by atoms with van der Waals surface area (Å²) in [6.07, 6.45) is 3.90. The van der Waals surface area contributed by atoms with Gasteiger partial charge in [-0.3, -0.25) is 4.79 Å². The molecule has 2 aromatic carbocycles. The number of nitrogens with one attached hydrogen (secondary N) is 2. The van der Waals surface area contributed by atoms with E-state index in [1.165, 1.54) is 18.0 Å². The maximum absolute atomic E-state index is 12.4. The van der Waals surface area contributed by atoms with Crippen LogP contribution in [0, 0.1) is 6.92 Å². The second-order valence-corrected chi connectivity index (χ2v) is 6.63. The minimum absolute atomic E-state index is 0.268. The van der Waals surface area contributed by atoms with Crippen LogP contribution in [0.5, 0.6) is 5.75 Å². The van der Waals surface area contributed by atoms with Gasteiger partial charge >= 0.3 is 0 Å². The number of aryl methyl sites for hydroxylation is 2. The lowest BCUT2D eigenvalue weighted by molar-refractivity contribution is 0.102. The molecule has 0 fully saturated rings. The van der Waals surface area contributed by atoms with Crippen molar-refractivity contribution in [2.24, 2.45) is 0 Å². The van der Waals surface area contributed by atoms with E-state index in [1.807, 2.05) is 37.3 Å². The zero-order valence-electron chi connectivity index (χ0n) is 15.9. The maximum atomic E-state index is 12.4. The van der Waals surface area contributed by atoms with E-state index in [2.05, 4.69) is 27.5 Å². The summed E-state index contributed by atoms with van der Waals surface area (Å²) in [5, 5.41) is 6.53. The van der Waals surface area contributed by atoms with Crippen LogP contribution in [0.25, 0.3) is 0 Å². The van der Waals surface area contributed by atoms with Crippen molar-refractivity contribution in [3.05, 3.63) is 70.5 Å². The average Bonchev–Trinajstić information content (AvgIpc) is 2.71. The molecule has 0 atom stereocenters. The van der Waals surface area contributed by atoms with Gasteiger partial charge in [-0.15, -0.1) is 0 Å². The molecule has 0 aliphatic heterocycles. The fourth-order valence-corrected chi connectivity index (χ4v) is 2.74. The first-order valence-electron chi connectivity index (χ1n) is 8.83. The Morgan fingerprint density at radius 2 is 1.82 bits per heavy atom. The Kier molecular flexibility index (Phi) is 6.11. The van der Waals surface area contributed by atoms with Crippen molar-refractivity contribution in [2.75, 3.05) is 17.7 Å². The van der Waals surface area contributed by atoms with E-state index in [4.69, 9.17) is 16.3 Å². The molecule has 0 aliphatic carbocycles. The zero-order valence-corrected chi connectivity index (χ0v) is 16.7. The number of hydrogen-bond acceptors (Lipinski definition) is 5. The number of carbonyl (C=O) groups is 1. The van der Waals surface area contributed by atoms with Gasteiger partial charge in [0, 0.05) is 29.2 Å². The van der Waals surface area contributed by atoms with E-state index in [-0.39, 0.29) is 5.91 Å². The number of benzene rings is 2. The fraction of sp³-hybridized carbons (Fsp3) is 0.190. The number of amides is 1. The Balaban J connectivity index is 1.71. The van der Waals surface area contributed by atoms with E-state index in [0.29, 0.717) is 28.0 Å². The molecule has 0 radical (unpaired) electrons. The molecule has 0 saturated heterocycles. The number of aromatic nitrogens is 2. The predicted molar refractivity (Wildman–Crippen MR) is 112 cm³/mol. The molecule has 0 bridgehead atoms. The van der Waals surface area contributed by atoms with Gasteiger partial charge in [0.15, 0.2) is 0 Å². The molecule has 2 N–H and O–H groups in total. The SMILES string of the molecule is CCc1ccc(NC(=O)c2cnc(Nc3cc(C)c(Cl)cc3OC)nc2)cc1. The van der Waals surface area contributed by atoms with Gasteiger partial charge in [-0.05, 0) is 42.7 Å². The van der Waals surface area contributed by atoms with E-state index >= 15 is 0 Å². The molecule has 3 aromatic rings. The topological polar surface area (TPSA) is 76.1 Å². The summed E-state index contributed by atoms with van der Waals surface area (Å²) in [7, 11) is 1.56. The number of rotatable bonds is 6. The highest BCUT2D eigenvalue weighted by molar-refractivity contribution is 6.31. The van der Waals surface area contributed by atoms with Crippen molar-refractivity contribution in [1.82, 2.24) is 9.97 Å². The van der Waals surface area contributed by atoms with Gasteiger partial charge in [0.25, 0.3) is 5.91 Å². The van der Waals surface area contributed by atoms with Crippen molar-refractivity contribution in [2.45, 2.75) is 20.3 Å². The first-order chi connectivity index (χ1) is 13.5. The van der Waals surface area contributed by atoms with Gasteiger partial charge in [0.1, 0.15) is 5.75 Å². The highest BCUT2D eigenvalue weighted by Gasteiger charge is 2.11. The third-order valence-electron chi connectivity index (χ3n) is 4.26. The third-order valence-corrected chi connectivity index (χ3v) is 4.67. The summed E-state index contributed by atoms with van der Waals surface area (Å²) in [6, 6.07) is 11.3. The second kappa shape index (κ2) is 8.71. The Morgan fingerprint density at radius 3 is 2.43 bits per heavy atom. The molecule has 1 aromatic heterocycles. The lowest BCUT2D eigenvalue weighted by Gasteiger charge is -2.12. The summed E-state index contributed by atoms with van der Waals surface area (Å²) < 4.78 is 5.33. The normalized spacial score (nSPS) is 10.4. The van der Waals surface area contributed by atoms with Crippen molar-refractivity contribution >= 4 is 34.8 Å². The monoisotopic (exact) mass is 396 g/mol. The molecule has 0 spiro atoms. The first-order valence-corrected chi connectivity index (χ1v) is 9.21. The molecule has 0 saturated carbocycles. The number of nitrogens with zero attached hydrogens (tertiary/aromatic N) is 2. The molecule has 144 valence electrons. The predicted octanol–water partition coefficient (Wildman–Crippen LogP) is 5.01. The Hall–Kier alpha value is -3.12. The van der Waals surface area contributed by atoms with Crippen LogP contribution in [-0.2, 0) is 6.42 Å². The Labute approximate surface area is 168 Å². The van der Waals surface area contributed by atoms with Crippen molar-refractivity contribution in [3.63, 3.8) is 0 Å². The fourth-order valence-electron chi connectivity index (χ4n) is 2.59. The van der Waals surface area contributed by atoms with E-state index < -0.39 is 0 Å². The van der Waals surface area contributed by atoms with E-state index in [0.717, 1.165) is 17.7 Å². The molecule has 1 heterocycles. The van der Waals surface area contributed by atoms with Crippen LogP contribution in [0.2, 0.25) is 5.02 Å². The largest absolute Gasteiger partial charge is 0.495 e. The van der Waals surface area contributed by atoms with Crippen LogP contribution < -0.4 is 15.4 Å². The Morgan fingerprint density at radius 1 is 1.14 bits per heavy atom. The lowest BCUT2D eigenvalue weighted by atomic mass is 10.1. The second-order valence-electron chi connectivity index (χ2n) is 6.23. The number of ether oxygens (including phenoxy) is 1. The minimum atomic E-state index is -0.268. The van der Waals surface area contributed by atoms with Crippen LogP contribution in [0.4, 0.5) is 17.3 Å². The van der Waals surface area contributed by atoms with Crippen molar-refractivity contribution in [3.8, 4) is 5.75 Å². The molecule has 3 rings (SSSR count). The molecular weight excluding hydrogens is 376 g/mol. The summed E-state index contributed by atoms with van der Waals surface area (Å²) in [5.74, 6) is 0.663. The molecule has 0 unspecified atom stereocenters. The van der Waals surface area contributed by atoms with E-state index in [1.54, 1.807) is 13.2 Å². The van der Waals surface area contributed by atoms with Gasteiger partial charge in [-0.25, -0.2) is 9.97 Å². The van der Waals surface area contributed by atoms with Crippen LogP contribution in [0.1, 0.15) is 28.4 Å². The molecule has 7 heteroatoms. The smallest absolute Gasteiger partial charge is 0.258 e. The number of halogens is 1. The number of hydrogen-bond donors (Lipinski definition) is 2. The summed E-state index contributed by atoms with van der Waals surface area (Å²) >= 11 is 6.12. The molecule has 6 nitrogen and oxygen atoms in total. The van der Waals surface area contributed by atoms with E-state index in [9.17, 15) is 4.79 Å². The van der Waals surface area contributed by atoms with Crippen LogP contribution in [-0.4, -0.2) is 23.0 Å². The van der Waals surface area contributed by atoms with Crippen molar-refractivity contribution < 1.29 is 9.53 Å². The highest BCUT2D eigenvalue weighted by atomic mass is 35.5. The standard InChI is InChI=1S/C21H21ClN4O2/c1-4-14-5-7-16(8-6-14)25-20(27)15-11-23-21(24-12-15)26-18-9-13(2)17(22)10-19(18)28-3/h5-12H,4H2,1-3H3,(H,25,27)(H,23,24,26). The quantitative estimate of drug-likeness (QED) is 0.612. The van der Waals surface area contributed by atoms with Crippen LogP contribution in [0.3, 0.4) is 0 Å². The highest BCUT2D eigenvalue weighted by Crippen LogP contribution is 2.32. The Bertz CT molecular complexity index is 973. The number of methoxy groups -OCH3 is 1. The van der Waals surface area contributed by atoms with Gasteiger partial charge < -0.3 is 15.4 Å². The first kappa shape index (κ1) is 19.6. The third kappa shape index (κ3) is 4.58. The average molecular weight is 397 g/mol. The lowest BCUT2D eigenvalue weighted by Crippen LogP contribution is -2.13. The number of carbonyl (C=O) groups excluding carboxylic acids is 1. The summed E-state index contributed by atoms with van der Waals surface area (Å²) in [6.45, 7) is 3.98. The van der Waals surface area contributed by atoms with Crippen LogP contribution in [0.15, 0.2) is 48.8 Å². The minimum Gasteiger partial charge on any atom is -0.495 e. The van der Waals surface area contributed by atoms with Gasteiger partial charge in [-0.2, -0.15) is 0 Å². The van der Waals surface area contributed by atoms with Gasteiger partial charge in [-0.1, -0.05) is 30.7 Å². The van der Waals surface area contributed by atoms with Gasteiger partial charge in [0.2, 0.25) is 5.95 Å². The number of anilines is 3. The molecule has 0 aliphatic rings.